The number of anilines is 1. The number of hydrogen-bond donors (Lipinski definition) is 2. The average Bonchev–Trinajstić information content (AvgIpc) is 2.71. The van der Waals surface area contributed by atoms with E-state index >= 15 is 0 Å². The first-order valence-electron chi connectivity index (χ1n) is 5.91. The van der Waals surface area contributed by atoms with Gasteiger partial charge in [0.15, 0.2) is 0 Å². The quantitative estimate of drug-likeness (QED) is 0.883. The van der Waals surface area contributed by atoms with E-state index in [4.69, 9.17) is 5.73 Å². The van der Waals surface area contributed by atoms with Crippen LogP contribution in [0, 0.1) is 0 Å². The molecule has 0 aliphatic heterocycles. The molecule has 6 heteroatoms. The molecular formula is C11H17BrN4O. The molecule has 0 spiro atoms. The first-order chi connectivity index (χ1) is 8.13. The Morgan fingerprint density at radius 1 is 1.65 bits per heavy atom. The first kappa shape index (κ1) is 12.6. The third-order valence-corrected chi connectivity index (χ3v) is 3.96. The summed E-state index contributed by atoms with van der Waals surface area (Å²) in [4.78, 5) is 11.9. The van der Waals surface area contributed by atoms with Gasteiger partial charge in [-0.1, -0.05) is 0 Å². The molecule has 1 aromatic heterocycles. The maximum absolute atomic E-state index is 11.9. The van der Waals surface area contributed by atoms with E-state index in [2.05, 4.69) is 26.3 Å². The van der Waals surface area contributed by atoms with Crippen LogP contribution < -0.4 is 16.6 Å². The Labute approximate surface area is 109 Å². The molecule has 3 N–H and O–H groups in total. The maximum atomic E-state index is 11.9. The lowest BCUT2D eigenvalue weighted by Gasteiger charge is -2.19. The van der Waals surface area contributed by atoms with Gasteiger partial charge in [0, 0.05) is 18.6 Å². The molecule has 0 bridgehead atoms. The van der Waals surface area contributed by atoms with Crippen LogP contribution in [0.4, 0.5) is 5.69 Å². The molecule has 2 unspecified atom stereocenters. The van der Waals surface area contributed by atoms with Gasteiger partial charge < -0.3 is 11.1 Å². The molecule has 5 nitrogen and oxygen atoms in total. The summed E-state index contributed by atoms with van der Waals surface area (Å²) in [6, 6.07) is 0.403. The van der Waals surface area contributed by atoms with E-state index in [1.807, 2.05) is 6.92 Å². The van der Waals surface area contributed by atoms with E-state index in [0.29, 0.717) is 11.0 Å². The highest BCUT2D eigenvalue weighted by Crippen LogP contribution is 2.24. The topological polar surface area (TPSA) is 72.9 Å². The minimum Gasteiger partial charge on any atom is -0.378 e. The summed E-state index contributed by atoms with van der Waals surface area (Å²) < 4.78 is 1.96. The van der Waals surface area contributed by atoms with Gasteiger partial charge in [-0.2, -0.15) is 5.10 Å². The fourth-order valence-corrected chi connectivity index (χ4v) is 2.58. The molecule has 94 valence electrons. The van der Waals surface area contributed by atoms with Gasteiger partial charge in [0.1, 0.15) is 4.47 Å². The van der Waals surface area contributed by atoms with Crippen LogP contribution in [0.1, 0.15) is 26.2 Å². The Balaban J connectivity index is 2.22. The predicted octanol–water partition coefficient (Wildman–Crippen LogP) is 1.32. The lowest BCUT2D eigenvalue weighted by atomic mass is 10.2. The van der Waals surface area contributed by atoms with Crippen molar-refractivity contribution in [2.75, 3.05) is 5.32 Å². The molecule has 0 radical (unpaired) electrons. The Hall–Kier alpha value is -0.880. The molecular weight excluding hydrogens is 284 g/mol. The number of aryl methyl sites for hydroxylation is 1. The van der Waals surface area contributed by atoms with Gasteiger partial charge in [0.25, 0.3) is 5.56 Å². The molecule has 1 heterocycles. The minimum absolute atomic E-state index is 0.107. The van der Waals surface area contributed by atoms with Crippen molar-refractivity contribution in [3.63, 3.8) is 0 Å². The van der Waals surface area contributed by atoms with Crippen molar-refractivity contribution in [3.8, 4) is 0 Å². The van der Waals surface area contributed by atoms with E-state index in [1.54, 1.807) is 6.20 Å². The van der Waals surface area contributed by atoms with Gasteiger partial charge in [0.05, 0.1) is 11.9 Å². The lowest BCUT2D eigenvalue weighted by molar-refractivity contribution is 0.606. The van der Waals surface area contributed by atoms with E-state index in [-0.39, 0.29) is 17.6 Å². The summed E-state index contributed by atoms with van der Waals surface area (Å²) in [6.45, 7) is 2.46. The van der Waals surface area contributed by atoms with Crippen molar-refractivity contribution in [1.82, 2.24) is 9.78 Å². The third kappa shape index (κ3) is 2.52. The van der Waals surface area contributed by atoms with E-state index < -0.39 is 0 Å². The Bertz CT molecular complexity index is 459. The van der Waals surface area contributed by atoms with Crippen LogP contribution >= 0.6 is 15.9 Å². The zero-order valence-corrected chi connectivity index (χ0v) is 11.4. The molecule has 1 fully saturated rings. The van der Waals surface area contributed by atoms with Crippen LogP contribution in [-0.2, 0) is 6.54 Å². The Kier molecular flexibility index (Phi) is 3.83. The fraction of sp³-hybridized carbons (Fsp3) is 0.636. The minimum atomic E-state index is -0.107. The second-order valence-electron chi connectivity index (χ2n) is 4.34. The standard InChI is InChI=1S/C11H17BrN4O/c1-2-16-11(17)10(12)9(6-14-16)15-8-5-3-4-7(8)13/h6-8,15H,2-5,13H2,1H3. The predicted molar refractivity (Wildman–Crippen MR) is 71.1 cm³/mol. The molecule has 0 saturated heterocycles. The van der Waals surface area contributed by atoms with Gasteiger partial charge in [-0.3, -0.25) is 4.79 Å². The first-order valence-corrected chi connectivity index (χ1v) is 6.70. The van der Waals surface area contributed by atoms with Crippen molar-refractivity contribution in [3.05, 3.63) is 21.0 Å². The smallest absolute Gasteiger partial charge is 0.283 e. The number of rotatable bonds is 3. The van der Waals surface area contributed by atoms with E-state index in [9.17, 15) is 4.79 Å². The summed E-state index contributed by atoms with van der Waals surface area (Å²) >= 11 is 3.32. The maximum Gasteiger partial charge on any atom is 0.283 e. The SMILES string of the molecule is CCn1ncc(NC2CCCC2N)c(Br)c1=O. The van der Waals surface area contributed by atoms with E-state index in [0.717, 1.165) is 24.9 Å². The molecule has 2 rings (SSSR count). The number of nitrogens with zero attached hydrogens (tertiary/aromatic N) is 2. The van der Waals surface area contributed by atoms with Crippen molar-refractivity contribution in [2.24, 2.45) is 5.73 Å². The fourth-order valence-electron chi connectivity index (χ4n) is 2.16. The highest BCUT2D eigenvalue weighted by molar-refractivity contribution is 9.10. The second-order valence-corrected chi connectivity index (χ2v) is 5.13. The van der Waals surface area contributed by atoms with Gasteiger partial charge in [-0.15, -0.1) is 0 Å². The summed E-state index contributed by atoms with van der Waals surface area (Å²) in [5.41, 5.74) is 6.62. The van der Waals surface area contributed by atoms with Crippen molar-refractivity contribution < 1.29 is 0 Å². The molecule has 0 aromatic carbocycles. The largest absolute Gasteiger partial charge is 0.378 e. The van der Waals surface area contributed by atoms with Gasteiger partial charge in [0.2, 0.25) is 0 Å². The highest BCUT2D eigenvalue weighted by Gasteiger charge is 2.24. The molecule has 1 saturated carbocycles. The second kappa shape index (κ2) is 5.18. The monoisotopic (exact) mass is 300 g/mol. The van der Waals surface area contributed by atoms with Crippen molar-refractivity contribution in [1.29, 1.82) is 0 Å². The normalized spacial score (nSPS) is 23.9. The zero-order valence-electron chi connectivity index (χ0n) is 9.82. The number of nitrogens with two attached hydrogens (primary N) is 1. The summed E-state index contributed by atoms with van der Waals surface area (Å²) in [5, 5.41) is 7.40. The van der Waals surface area contributed by atoms with Crippen molar-refractivity contribution >= 4 is 21.6 Å². The number of aromatic nitrogens is 2. The van der Waals surface area contributed by atoms with Gasteiger partial charge in [-0.25, -0.2) is 4.68 Å². The Morgan fingerprint density at radius 3 is 3.00 bits per heavy atom. The molecule has 1 aliphatic rings. The van der Waals surface area contributed by atoms with Gasteiger partial charge in [-0.05, 0) is 42.1 Å². The molecule has 0 amide bonds. The van der Waals surface area contributed by atoms with Crippen LogP contribution in [0.2, 0.25) is 0 Å². The summed E-state index contributed by atoms with van der Waals surface area (Å²) in [7, 11) is 0. The number of halogens is 1. The zero-order chi connectivity index (χ0) is 12.4. The van der Waals surface area contributed by atoms with Crippen LogP contribution in [-0.4, -0.2) is 21.9 Å². The number of hydrogen-bond acceptors (Lipinski definition) is 4. The summed E-state index contributed by atoms with van der Waals surface area (Å²) in [6.07, 6.45) is 4.90. The van der Waals surface area contributed by atoms with Crippen LogP contribution in [0.15, 0.2) is 15.5 Å². The molecule has 1 aromatic rings. The van der Waals surface area contributed by atoms with Crippen LogP contribution in [0.5, 0.6) is 0 Å². The number of nitrogens with one attached hydrogen (secondary N) is 1. The highest BCUT2D eigenvalue weighted by atomic mass is 79.9. The summed E-state index contributed by atoms with van der Waals surface area (Å²) in [5.74, 6) is 0. The lowest BCUT2D eigenvalue weighted by Crippen LogP contribution is -2.36. The van der Waals surface area contributed by atoms with Gasteiger partial charge >= 0.3 is 0 Å². The van der Waals surface area contributed by atoms with Crippen LogP contribution in [0.3, 0.4) is 0 Å². The molecule has 2 atom stereocenters. The Morgan fingerprint density at radius 2 is 2.41 bits per heavy atom. The van der Waals surface area contributed by atoms with Crippen molar-refractivity contribution in [2.45, 2.75) is 44.8 Å². The van der Waals surface area contributed by atoms with Crippen LogP contribution in [0.25, 0.3) is 0 Å². The average molecular weight is 301 g/mol. The molecule has 1 aliphatic carbocycles. The third-order valence-electron chi connectivity index (χ3n) is 3.19. The molecule has 17 heavy (non-hydrogen) atoms. The van der Waals surface area contributed by atoms with E-state index in [1.165, 1.54) is 4.68 Å².